The largest absolute Gasteiger partial charge is 0.444 e. The molecule has 3 rings (SSSR count). The molecule has 0 spiro atoms. The van der Waals surface area contributed by atoms with Crippen molar-refractivity contribution in [3.05, 3.63) is 77.8 Å². The quantitative estimate of drug-likeness (QED) is 0.468. The van der Waals surface area contributed by atoms with Crippen molar-refractivity contribution < 1.29 is 23.0 Å². The number of imidazole rings is 1. The first kappa shape index (κ1) is 25.4. The van der Waals surface area contributed by atoms with Crippen molar-refractivity contribution >= 4 is 6.09 Å². The average Bonchev–Trinajstić information content (AvgIpc) is 3.16. The number of carbonyl (C=O) groups is 1. The number of methoxy groups -OCH3 is 1. The number of rotatable bonds is 7. The molecular formula is C26H31F2N3O3. The van der Waals surface area contributed by atoms with Gasteiger partial charge in [-0.25, -0.2) is 18.6 Å². The summed E-state index contributed by atoms with van der Waals surface area (Å²) in [5, 5.41) is 2.86. The van der Waals surface area contributed by atoms with Crippen LogP contribution in [-0.4, -0.2) is 34.0 Å². The van der Waals surface area contributed by atoms with E-state index in [0.717, 1.165) is 23.8 Å². The number of benzene rings is 2. The summed E-state index contributed by atoms with van der Waals surface area (Å²) in [5.41, 5.74) is -0.376. The van der Waals surface area contributed by atoms with Gasteiger partial charge in [0.2, 0.25) is 0 Å². The molecular weight excluding hydrogens is 440 g/mol. The second-order valence-corrected chi connectivity index (χ2v) is 9.61. The second kappa shape index (κ2) is 9.93. The number of halogens is 2. The standard InChI is InChI=1S/C26H31F2N3O3/c1-25(2,3)34-24(32)30-22(26(4,5)33-6)23-29-21(19-14-18(27)12-13-20(19)28)16-31(23)15-17-10-8-7-9-11-17/h7-14,16,22H,15H2,1-6H3,(H,30,32). The van der Waals surface area contributed by atoms with Gasteiger partial charge in [0.05, 0.1) is 11.3 Å². The van der Waals surface area contributed by atoms with E-state index in [1.807, 2.05) is 30.3 Å². The molecule has 1 aromatic heterocycles. The van der Waals surface area contributed by atoms with Gasteiger partial charge in [-0.1, -0.05) is 30.3 Å². The van der Waals surface area contributed by atoms with Gasteiger partial charge < -0.3 is 19.4 Å². The minimum absolute atomic E-state index is 0.0271. The first-order valence-corrected chi connectivity index (χ1v) is 11.0. The van der Waals surface area contributed by atoms with Crippen molar-refractivity contribution in [2.75, 3.05) is 7.11 Å². The Kier molecular flexibility index (Phi) is 7.41. The minimum atomic E-state index is -0.908. The van der Waals surface area contributed by atoms with Gasteiger partial charge in [-0.05, 0) is 58.4 Å². The maximum absolute atomic E-state index is 14.6. The monoisotopic (exact) mass is 471 g/mol. The van der Waals surface area contributed by atoms with Crippen molar-refractivity contribution in [1.29, 1.82) is 0 Å². The topological polar surface area (TPSA) is 65.4 Å². The summed E-state index contributed by atoms with van der Waals surface area (Å²) in [7, 11) is 1.53. The van der Waals surface area contributed by atoms with Crippen LogP contribution in [0.5, 0.6) is 0 Å². The van der Waals surface area contributed by atoms with Crippen LogP contribution in [0.25, 0.3) is 11.3 Å². The Morgan fingerprint density at radius 1 is 1.09 bits per heavy atom. The van der Waals surface area contributed by atoms with E-state index in [4.69, 9.17) is 9.47 Å². The smallest absolute Gasteiger partial charge is 0.408 e. The van der Waals surface area contributed by atoms with Crippen LogP contribution in [0.4, 0.5) is 13.6 Å². The number of ether oxygens (including phenoxy) is 2. The van der Waals surface area contributed by atoms with E-state index >= 15 is 0 Å². The molecule has 6 nitrogen and oxygen atoms in total. The number of carbonyl (C=O) groups excluding carboxylic acids is 1. The van der Waals surface area contributed by atoms with Crippen LogP contribution >= 0.6 is 0 Å². The number of alkyl carbamates (subject to hydrolysis) is 1. The minimum Gasteiger partial charge on any atom is -0.444 e. The molecule has 0 saturated carbocycles. The highest BCUT2D eigenvalue weighted by Crippen LogP contribution is 2.32. The summed E-state index contributed by atoms with van der Waals surface area (Å²) in [5.74, 6) is -0.753. The van der Waals surface area contributed by atoms with Crippen LogP contribution in [0.15, 0.2) is 54.7 Å². The zero-order valence-electron chi connectivity index (χ0n) is 20.4. The lowest BCUT2D eigenvalue weighted by Gasteiger charge is -2.34. The third kappa shape index (κ3) is 6.20. The van der Waals surface area contributed by atoms with Crippen LogP contribution in [0, 0.1) is 11.6 Å². The van der Waals surface area contributed by atoms with Crippen LogP contribution in [-0.2, 0) is 16.0 Å². The molecule has 0 aliphatic carbocycles. The van der Waals surface area contributed by atoms with E-state index < -0.39 is 35.0 Å². The third-order valence-electron chi connectivity index (χ3n) is 5.35. The lowest BCUT2D eigenvalue weighted by Crippen LogP contribution is -2.46. The molecule has 1 N–H and O–H groups in total. The molecule has 2 aromatic carbocycles. The Morgan fingerprint density at radius 3 is 2.38 bits per heavy atom. The van der Waals surface area contributed by atoms with Crippen LogP contribution in [0.3, 0.4) is 0 Å². The fraction of sp³-hybridized carbons (Fsp3) is 0.385. The highest BCUT2D eigenvalue weighted by Gasteiger charge is 2.37. The maximum atomic E-state index is 14.6. The number of nitrogens with zero attached hydrogens (tertiary/aromatic N) is 2. The fourth-order valence-corrected chi connectivity index (χ4v) is 3.48. The number of hydrogen-bond donors (Lipinski definition) is 1. The molecule has 0 bridgehead atoms. The fourth-order valence-electron chi connectivity index (χ4n) is 3.48. The first-order valence-electron chi connectivity index (χ1n) is 11.0. The van der Waals surface area contributed by atoms with E-state index in [0.29, 0.717) is 12.4 Å². The van der Waals surface area contributed by atoms with Gasteiger partial charge in [0.1, 0.15) is 29.1 Å². The Balaban J connectivity index is 2.13. The van der Waals surface area contributed by atoms with Crippen molar-refractivity contribution in [3.8, 4) is 11.3 Å². The SMILES string of the molecule is COC(C)(C)C(NC(=O)OC(C)(C)C)c1nc(-c2cc(F)ccc2F)cn1Cc1ccccc1. The van der Waals surface area contributed by atoms with E-state index in [-0.39, 0.29) is 11.3 Å². The molecule has 0 radical (unpaired) electrons. The maximum Gasteiger partial charge on any atom is 0.408 e. The van der Waals surface area contributed by atoms with E-state index in [2.05, 4.69) is 10.3 Å². The van der Waals surface area contributed by atoms with Gasteiger partial charge in [-0.3, -0.25) is 0 Å². The van der Waals surface area contributed by atoms with E-state index in [1.54, 1.807) is 45.4 Å². The summed E-state index contributed by atoms with van der Waals surface area (Å²) in [6.07, 6.45) is 1.01. The van der Waals surface area contributed by atoms with E-state index in [9.17, 15) is 13.6 Å². The van der Waals surface area contributed by atoms with Crippen molar-refractivity contribution in [2.45, 2.75) is 58.4 Å². The van der Waals surface area contributed by atoms with Crippen LogP contribution in [0.2, 0.25) is 0 Å². The van der Waals surface area contributed by atoms with Crippen molar-refractivity contribution in [1.82, 2.24) is 14.9 Å². The van der Waals surface area contributed by atoms with Gasteiger partial charge in [-0.15, -0.1) is 0 Å². The lowest BCUT2D eigenvalue weighted by molar-refractivity contribution is -0.0201. The molecule has 1 heterocycles. The molecule has 34 heavy (non-hydrogen) atoms. The highest BCUT2D eigenvalue weighted by molar-refractivity contribution is 5.68. The van der Waals surface area contributed by atoms with Crippen LogP contribution < -0.4 is 5.32 Å². The number of amides is 1. The number of nitrogens with one attached hydrogen (secondary N) is 1. The Morgan fingerprint density at radius 2 is 1.76 bits per heavy atom. The summed E-state index contributed by atoms with van der Waals surface area (Å²) >= 11 is 0. The molecule has 182 valence electrons. The molecule has 0 aliphatic heterocycles. The lowest BCUT2D eigenvalue weighted by atomic mass is 9.97. The summed E-state index contributed by atoms with van der Waals surface area (Å²) in [6.45, 7) is 9.31. The van der Waals surface area contributed by atoms with Gasteiger partial charge in [0.15, 0.2) is 0 Å². The summed E-state index contributed by atoms with van der Waals surface area (Å²) in [6, 6.07) is 12.1. The average molecular weight is 472 g/mol. The van der Waals surface area contributed by atoms with Gasteiger partial charge in [-0.2, -0.15) is 0 Å². The van der Waals surface area contributed by atoms with Crippen molar-refractivity contribution in [3.63, 3.8) is 0 Å². The second-order valence-electron chi connectivity index (χ2n) is 9.61. The van der Waals surface area contributed by atoms with Gasteiger partial charge >= 0.3 is 6.09 Å². The van der Waals surface area contributed by atoms with Crippen molar-refractivity contribution in [2.24, 2.45) is 0 Å². The highest BCUT2D eigenvalue weighted by atomic mass is 19.1. The molecule has 1 amide bonds. The first-order chi connectivity index (χ1) is 15.9. The predicted octanol–water partition coefficient (Wildman–Crippen LogP) is 5.87. The van der Waals surface area contributed by atoms with E-state index in [1.165, 1.54) is 7.11 Å². The van der Waals surface area contributed by atoms with Gasteiger partial charge in [0, 0.05) is 25.4 Å². The molecule has 3 aromatic rings. The Bertz CT molecular complexity index is 1140. The normalized spacial score (nSPS) is 12.9. The predicted molar refractivity (Wildman–Crippen MR) is 126 cm³/mol. The van der Waals surface area contributed by atoms with Gasteiger partial charge in [0.25, 0.3) is 0 Å². The molecule has 1 unspecified atom stereocenters. The molecule has 0 saturated heterocycles. The number of hydrogen-bond acceptors (Lipinski definition) is 4. The Labute approximate surface area is 198 Å². The molecule has 8 heteroatoms. The Hall–Kier alpha value is -3.26. The number of aromatic nitrogens is 2. The molecule has 0 aliphatic rings. The summed E-state index contributed by atoms with van der Waals surface area (Å²) in [4.78, 5) is 17.4. The summed E-state index contributed by atoms with van der Waals surface area (Å²) < 4.78 is 41.5. The zero-order valence-corrected chi connectivity index (χ0v) is 20.4. The zero-order chi connectivity index (χ0) is 25.1. The van der Waals surface area contributed by atoms with Crippen LogP contribution in [0.1, 0.15) is 52.0 Å². The molecule has 0 fully saturated rings. The third-order valence-corrected chi connectivity index (χ3v) is 5.35. The molecule has 1 atom stereocenters.